The molecule has 0 aliphatic rings. The highest BCUT2D eigenvalue weighted by molar-refractivity contribution is 7.89. The van der Waals surface area contributed by atoms with Gasteiger partial charge in [0.2, 0.25) is 10.0 Å². The molecule has 0 unspecified atom stereocenters. The second kappa shape index (κ2) is 6.12. The maximum absolute atomic E-state index is 13.6. The van der Waals surface area contributed by atoms with Crippen molar-refractivity contribution in [3.05, 3.63) is 29.6 Å². The molecule has 0 spiro atoms. The molecule has 1 N–H and O–H groups in total. The molecule has 0 aromatic heterocycles. The third kappa shape index (κ3) is 3.51. The Kier molecular flexibility index (Phi) is 5.02. The number of hydrogen-bond acceptors (Lipinski definition) is 3. The van der Waals surface area contributed by atoms with Crippen LogP contribution in [0.25, 0.3) is 0 Å². The highest BCUT2D eigenvalue weighted by Crippen LogP contribution is 2.20. The summed E-state index contributed by atoms with van der Waals surface area (Å²) in [6.45, 7) is 2.17. The lowest BCUT2D eigenvalue weighted by Crippen LogP contribution is -2.28. The van der Waals surface area contributed by atoms with Crippen LogP contribution in [0.4, 0.5) is 4.39 Å². The fraction of sp³-hybridized carbons (Fsp3) is 0.417. The largest absolute Gasteiger partial charge is 0.478 e. The molecule has 0 fully saturated rings. The summed E-state index contributed by atoms with van der Waals surface area (Å²) < 4.78 is 38.9. The summed E-state index contributed by atoms with van der Waals surface area (Å²) in [7, 11) is -2.66. The average molecular weight is 289 g/mol. The first-order chi connectivity index (χ1) is 8.80. The van der Waals surface area contributed by atoms with Crippen molar-refractivity contribution in [2.75, 3.05) is 13.6 Å². The molecular weight excluding hydrogens is 273 g/mol. The Morgan fingerprint density at radius 3 is 2.58 bits per heavy atom. The van der Waals surface area contributed by atoms with Gasteiger partial charge in [0.05, 0.1) is 5.56 Å². The molecule has 0 atom stereocenters. The topological polar surface area (TPSA) is 74.7 Å². The van der Waals surface area contributed by atoms with E-state index < -0.39 is 26.7 Å². The van der Waals surface area contributed by atoms with Gasteiger partial charge in [0.15, 0.2) is 0 Å². The number of rotatable bonds is 6. The Morgan fingerprint density at radius 1 is 1.42 bits per heavy atom. The zero-order valence-corrected chi connectivity index (χ0v) is 11.6. The molecule has 7 heteroatoms. The number of halogens is 1. The highest BCUT2D eigenvalue weighted by Gasteiger charge is 2.25. The molecule has 0 aliphatic heterocycles. The molecule has 0 saturated heterocycles. The van der Waals surface area contributed by atoms with Gasteiger partial charge in [-0.3, -0.25) is 0 Å². The van der Waals surface area contributed by atoms with E-state index in [1.165, 1.54) is 7.05 Å². The summed E-state index contributed by atoms with van der Waals surface area (Å²) in [6.07, 6.45) is 1.45. The third-order valence-corrected chi connectivity index (χ3v) is 4.56. The van der Waals surface area contributed by atoms with Crippen LogP contribution >= 0.6 is 0 Å². The predicted octanol–water partition coefficient (Wildman–Crippen LogP) is 1.94. The Morgan fingerprint density at radius 2 is 2.05 bits per heavy atom. The molecule has 19 heavy (non-hydrogen) atoms. The van der Waals surface area contributed by atoms with Crippen molar-refractivity contribution in [1.82, 2.24) is 4.31 Å². The second-order valence-electron chi connectivity index (χ2n) is 4.13. The van der Waals surface area contributed by atoms with Crippen molar-refractivity contribution in [2.45, 2.75) is 24.7 Å². The van der Waals surface area contributed by atoms with Gasteiger partial charge in [-0.25, -0.2) is 21.9 Å². The minimum atomic E-state index is -4.00. The van der Waals surface area contributed by atoms with Gasteiger partial charge in [-0.05, 0) is 24.6 Å². The van der Waals surface area contributed by atoms with Gasteiger partial charge < -0.3 is 5.11 Å². The SMILES string of the molecule is CCCCN(C)S(=O)(=O)c1cc(C(=O)O)ccc1F. The molecule has 0 heterocycles. The zero-order valence-electron chi connectivity index (χ0n) is 10.8. The van der Waals surface area contributed by atoms with E-state index in [0.717, 1.165) is 28.9 Å². The van der Waals surface area contributed by atoms with Crippen LogP contribution in [0.15, 0.2) is 23.1 Å². The second-order valence-corrected chi connectivity index (χ2v) is 6.14. The van der Waals surface area contributed by atoms with E-state index in [1.54, 1.807) is 0 Å². The number of sulfonamides is 1. The van der Waals surface area contributed by atoms with Crippen LogP contribution < -0.4 is 0 Å². The van der Waals surface area contributed by atoms with Crippen LogP contribution in [0.2, 0.25) is 0 Å². The van der Waals surface area contributed by atoms with Crippen LogP contribution in [-0.4, -0.2) is 37.4 Å². The smallest absolute Gasteiger partial charge is 0.335 e. The van der Waals surface area contributed by atoms with Gasteiger partial charge in [-0.15, -0.1) is 0 Å². The lowest BCUT2D eigenvalue weighted by molar-refractivity contribution is 0.0696. The number of carboxylic acids is 1. The third-order valence-electron chi connectivity index (χ3n) is 2.69. The molecule has 0 saturated carbocycles. The molecule has 0 amide bonds. The number of aromatic carboxylic acids is 1. The minimum absolute atomic E-state index is 0.259. The van der Waals surface area contributed by atoms with Crippen molar-refractivity contribution < 1.29 is 22.7 Å². The summed E-state index contributed by atoms with van der Waals surface area (Å²) in [6, 6.07) is 2.72. The van der Waals surface area contributed by atoms with Crippen molar-refractivity contribution in [1.29, 1.82) is 0 Å². The normalized spacial score (nSPS) is 11.8. The standard InChI is InChI=1S/C12H16FNO4S/c1-3-4-7-14(2)19(17,18)11-8-9(12(15)16)5-6-10(11)13/h5-6,8H,3-4,7H2,1-2H3,(H,15,16). The van der Waals surface area contributed by atoms with Crippen molar-refractivity contribution in [2.24, 2.45) is 0 Å². The van der Waals surface area contributed by atoms with Gasteiger partial charge >= 0.3 is 5.97 Å². The van der Waals surface area contributed by atoms with Gasteiger partial charge in [-0.1, -0.05) is 13.3 Å². The van der Waals surface area contributed by atoms with Gasteiger partial charge in [0.25, 0.3) is 0 Å². The lowest BCUT2D eigenvalue weighted by Gasteiger charge is -2.17. The summed E-state index contributed by atoms with van der Waals surface area (Å²) in [5.74, 6) is -2.25. The highest BCUT2D eigenvalue weighted by atomic mass is 32.2. The molecule has 0 bridgehead atoms. The van der Waals surface area contributed by atoms with E-state index in [9.17, 15) is 17.6 Å². The number of hydrogen-bond donors (Lipinski definition) is 1. The predicted molar refractivity (Wildman–Crippen MR) is 68.1 cm³/mol. The molecule has 0 aliphatic carbocycles. The van der Waals surface area contributed by atoms with Crippen molar-refractivity contribution >= 4 is 16.0 Å². The Labute approximate surface area is 111 Å². The molecule has 1 aromatic carbocycles. The fourth-order valence-corrected chi connectivity index (χ4v) is 2.80. The summed E-state index contributed by atoms with van der Waals surface area (Å²) in [5, 5.41) is 8.82. The lowest BCUT2D eigenvalue weighted by atomic mass is 10.2. The molecule has 5 nitrogen and oxygen atoms in total. The number of benzene rings is 1. The Balaban J connectivity index is 3.20. The summed E-state index contributed by atoms with van der Waals surface area (Å²) in [5.41, 5.74) is -0.260. The summed E-state index contributed by atoms with van der Waals surface area (Å²) >= 11 is 0. The van der Waals surface area contributed by atoms with E-state index >= 15 is 0 Å². The van der Waals surface area contributed by atoms with E-state index in [-0.39, 0.29) is 12.1 Å². The maximum atomic E-state index is 13.6. The molecule has 1 rings (SSSR count). The monoisotopic (exact) mass is 289 g/mol. The quantitative estimate of drug-likeness (QED) is 0.868. The minimum Gasteiger partial charge on any atom is -0.478 e. The first-order valence-corrected chi connectivity index (χ1v) is 7.24. The van der Waals surface area contributed by atoms with E-state index in [4.69, 9.17) is 5.11 Å². The van der Waals surface area contributed by atoms with E-state index in [0.29, 0.717) is 6.42 Å². The number of nitrogens with zero attached hydrogens (tertiary/aromatic N) is 1. The molecular formula is C12H16FNO4S. The van der Waals surface area contributed by atoms with Crippen LogP contribution in [0.3, 0.4) is 0 Å². The first kappa shape index (κ1) is 15.6. The van der Waals surface area contributed by atoms with Crippen molar-refractivity contribution in [3.8, 4) is 0 Å². The maximum Gasteiger partial charge on any atom is 0.335 e. The summed E-state index contributed by atoms with van der Waals surface area (Å²) in [4.78, 5) is 10.2. The van der Waals surface area contributed by atoms with Crippen LogP contribution in [-0.2, 0) is 10.0 Å². The van der Waals surface area contributed by atoms with Gasteiger partial charge in [-0.2, -0.15) is 0 Å². The van der Waals surface area contributed by atoms with Crippen LogP contribution in [0.1, 0.15) is 30.1 Å². The Hall–Kier alpha value is -1.47. The van der Waals surface area contributed by atoms with E-state index in [1.807, 2.05) is 6.92 Å². The van der Waals surface area contributed by atoms with Crippen molar-refractivity contribution in [3.63, 3.8) is 0 Å². The fourth-order valence-electron chi connectivity index (χ4n) is 1.50. The number of carboxylic acid groups (broad SMARTS) is 1. The first-order valence-electron chi connectivity index (χ1n) is 5.80. The van der Waals surface area contributed by atoms with Gasteiger partial charge in [0, 0.05) is 13.6 Å². The van der Waals surface area contributed by atoms with Crippen LogP contribution in [0.5, 0.6) is 0 Å². The molecule has 1 aromatic rings. The molecule has 106 valence electrons. The number of carbonyl (C=O) groups is 1. The number of unbranched alkanes of at least 4 members (excludes halogenated alkanes) is 1. The Bertz CT molecular complexity index is 571. The van der Waals surface area contributed by atoms with E-state index in [2.05, 4.69) is 0 Å². The zero-order chi connectivity index (χ0) is 14.6. The van der Waals surface area contributed by atoms with Gasteiger partial charge in [0.1, 0.15) is 10.7 Å². The molecule has 0 radical (unpaired) electrons. The average Bonchev–Trinajstić information content (AvgIpc) is 2.35. The van der Waals surface area contributed by atoms with Crippen LogP contribution in [0, 0.1) is 5.82 Å².